The third kappa shape index (κ3) is 4.11. The summed E-state index contributed by atoms with van der Waals surface area (Å²) in [5.41, 5.74) is 0.916. The second kappa shape index (κ2) is 8.85. The quantitative estimate of drug-likeness (QED) is 0.449. The molecule has 1 fully saturated rings. The number of amides is 1. The summed E-state index contributed by atoms with van der Waals surface area (Å²) in [6.07, 6.45) is 3.22. The molecular weight excluding hydrogens is 438 g/mol. The number of carbonyl (C=O) groups excluding carboxylic acids is 2. The van der Waals surface area contributed by atoms with Crippen molar-refractivity contribution in [3.63, 3.8) is 0 Å². The number of rotatable bonds is 5. The molecule has 1 saturated carbocycles. The number of anilines is 1. The van der Waals surface area contributed by atoms with E-state index in [0.29, 0.717) is 59.8 Å². The van der Waals surface area contributed by atoms with Gasteiger partial charge in [0.2, 0.25) is 5.91 Å². The number of benzene rings is 2. The number of hydrogen-bond acceptors (Lipinski definition) is 7. The van der Waals surface area contributed by atoms with Gasteiger partial charge in [-0.3, -0.25) is 9.59 Å². The molecule has 0 bridgehead atoms. The number of hydrogen-bond donors (Lipinski definition) is 1. The maximum absolute atomic E-state index is 13.5. The van der Waals surface area contributed by atoms with Gasteiger partial charge in [-0.15, -0.1) is 0 Å². The number of carbonyl (C=O) groups is 2. The zero-order chi connectivity index (χ0) is 23.7. The van der Waals surface area contributed by atoms with Crippen LogP contribution >= 0.6 is 0 Å². The van der Waals surface area contributed by atoms with E-state index in [-0.39, 0.29) is 18.5 Å². The summed E-state index contributed by atoms with van der Waals surface area (Å²) in [5.74, 6) is 0.771. The van der Waals surface area contributed by atoms with Gasteiger partial charge in [0.25, 0.3) is 0 Å². The van der Waals surface area contributed by atoms with Crippen LogP contribution in [0.4, 0.5) is 5.69 Å². The number of fused-ring (bicyclic) bond motifs is 2. The first kappa shape index (κ1) is 22.0. The van der Waals surface area contributed by atoms with E-state index in [1.165, 1.54) is 13.0 Å². The second-order valence-corrected chi connectivity index (χ2v) is 8.71. The molecule has 8 nitrogen and oxygen atoms in total. The summed E-state index contributed by atoms with van der Waals surface area (Å²) in [6, 6.07) is 12.0. The van der Waals surface area contributed by atoms with Crippen LogP contribution in [0, 0.1) is 0 Å². The van der Waals surface area contributed by atoms with Crippen LogP contribution in [0.25, 0.3) is 11.0 Å². The lowest BCUT2D eigenvalue weighted by molar-refractivity contribution is -0.152. The van der Waals surface area contributed by atoms with Crippen molar-refractivity contribution in [1.29, 1.82) is 0 Å². The summed E-state index contributed by atoms with van der Waals surface area (Å²) >= 11 is 0. The third-order valence-electron chi connectivity index (χ3n) is 6.45. The summed E-state index contributed by atoms with van der Waals surface area (Å²) in [7, 11) is 0. The largest absolute Gasteiger partial charge is 0.486 e. The van der Waals surface area contributed by atoms with Gasteiger partial charge in [0.1, 0.15) is 25.4 Å². The van der Waals surface area contributed by atoms with Gasteiger partial charge in [-0.2, -0.15) is 0 Å². The van der Waals surface area contributed by atoms with Gasteiger partial charge >= 0.3 is 11.6 Å². The van der Waals surface area contributed by atoms with Gasteiger partial charge < -0.3 is 23.9 Å². The summed E-state index contributed by atoms with van der Waals surface area (Å²) in [4.78, 5) is 36.9. The molecule has 0 atom stereocenters. The number of nitrogens with one attached hydrogen (secondary N) is 1. The van der Waals surface area contributed by atoms with E-state index in [0.717, 1.165) is 18.4 Å². The molecule has 0 spiro atoms. The van der Waals surface area contributed by atoms with Gasteiger partial charge in [0.15, 0.2) is 11.5 Å². The van der Waals surface area contributed by atoms with Gasteiger partial charge in [0.05, 0.1) is 5.41 Å². The zero-order valence-electron chi connectivity index (χ0n) is 18.8. The average Bonchev–Trinajstić information content (AvgIpc) is 3.32. The Morgan fingerprint density at radius 2 is 1.76 bits per heavy atom. The van der Waals surface area contributed by atoms with E-state index in [1.807, 2.05) is 18.2 Å². The minimum Gasteiger partial charge on any atom is -0.486 e. The van der Waals surface area contributed by atoms with Crippen molar-refractivity contribution in [2.45, 2.75) is 44.6 Å². The van der Waals surface area contributed by atoms with Crippen molar-refractivity contribution in [3.8, 4) is 11.5 Å². The molecular formula is C26H25NO7. The van der Waals surface area contributed by atoms with Crippen molar-refractivity contribution in [3.05, 3.63) is 64.0 Å². The highest BCUT2D eigenvalue weighted by Crippen LogP contribution is 2.45. The van der Waals surface area contributed by atoms with E-state index in [2.05, 4.69) is 5.32 Å². The zero-order valence-corrected chi connectivity index (χ0v) is 18.8. The molecule has 2 aliphatic rings. The molecule has 1 aromatic heterocycles. The van der Waals surface area contributed by atoms with Crippen LogP contribution < -0.4 is 20.4 Å². The topological polar surface area (TPSA) is 104 Å². The summed E-state index contributed by atoms with van der Waals surface area (Å²) < 4.78 is 22.5. The fraction of sp³-hybridized carbons (Fsp3) is 0.346. The number of esters is 1. The fourth-order valence-electron chi connectivity index (χ4n) is 4.84. The van der Waals surface area contributed by atoms with E-state index in [1.54, 1.807) is 18.2 Å². The molecule has 1 amide bonds. The second-order valence-electron chi connectivity index (χ2n) is 8.71. The highest BCUT2D eigenvalue weighted by Gasteiger charge is 2.44. The lowest BCUT2D eigenvalue weighted by Crippen LogP contribution is -2.35. The molecule has 34 heavy (non-hydrogen) atoms. The molecule has 1 aliphatic carbocycles. The number of ether oxygens (including phenoxy) is 3. The molecule has 2 heterocycles. The maximum atomic E-state index is 13.5. The predicted octanol–water partition coefficient (Wildman–Crippen LogP) is 4.08. The van der Waals surface area contributed by atoms with Crippen LogP contribution in [0.5, 0.6) is 11.5 Å². The van der Waals surface area contributed by atoms with Crippen LogP contribution in [0.3, 0.4) is 0 Å². The fourth-order valence-corrected chi connectivity index (χ4v) is 4.84. The highest BCUT2D eigenvalue weighted by atomic mass is 16.6. The van der Waals surface area contributed by atoms with Gasteiger partial charge in [-0.05, 0) is 42.7 Å². The standard InChI is InChI=1S/C26H25NO7/c1-16(28)27-19-5-6-20-17(12-24(29)34-22(20)14-19)15-33-25(30)26(8-2-3-9-26)18-4-7-21-23(13-18)32-11-10-31-21/h4-7,12-14H,2-3,8-11,15H2,1H3,(H,27,28). The summed E-state index contributed by atoms with van der Waals surface area (Å²) in [6.45, 7) is 2.32. The van der Waals surface area contributed by atoms with Gasteiger partial charge in [0, 0.05) is 35.7 Å². The van der Waals surface area contributed by atoms with Crippen molar-refractivity contribution in [2.24, 2.45) is 0 Å². The lowest BCUT2D eigenvalue weighted by atomic mass is 9.78. The first-order valence-corrected chi connectivity index (χ1v) is 11.4. The lowest BCUT2D eigenvalue weighted by Gasteiger charge is -2.29. The molecule has 2 aromatic carbocycles. The molecule has 5 rings (SSSR count). The van der Waals surface area contributed by atoms with E-state index in [9.17, 15) is 14.4 Å². The van der Waals surface area contributed by atoms with Crippen LogP contribution in [-0.4, -0.2) is 25.1 Å². The Balaban J connectivity index is 1.41. The Morgan fingerprint density at radius 1 is 1.00 bits per heavy atom. The van der Waals surface area contributed by atoms with Crippen LogP contribution in [-0.2, 0) is 26.3 Å². The Bertz CT molecular complexity index is 1320. The van der Waals surface area contributed by atoms with Gasteiger partial charge in [-0.25, -0.2) is 4.79 Å². The van der Waals surface area contributed by atoms with Crippen molar-refractivity contribution in [1.82, 2.24) is 0 Å². The maximum Gasteiger partial charge on any atom is 0.336 e. The smallest absolute Gasteiger partial charge is 0.336 e. The molecule has 3 aromatic rings. The Labute approximate surface area is 195 Å². The molecule has 0 unspecified atom stereocenters. The van der Waals surface area contributed by atoms with Crippen LogP contribution in [0.2, 0.25) is 0 Å². The SMILES string of the molecule is CC(=O)Nc1ccc2c(COC(=O)C3(c4ccc5c(c4)OCCO5)CCCC3)cc(=O)oc2c1. The van der Waals surface area contributed by atoms with Crippen LogP contribution in [0.15, 0.2) is 51.7 Å². The van der Waals surface area contributed by atoms with Gasteiger partial charge in [-0.1, -0.05) is 18.9 Å². The first-order chi connectivity index (χ1) is 16.4. The molecule has 0 radical (unpaired) electrons. The molecule has 1 N–H and O–H groups in total. The normalized spacial score (nSPS) is 16.3. The highest BCUT2D eigenvalue weighted by molar-refractivity contribution is 5.92. The predicted molar refractivity (Wildman–Crippen MR) is 124 cm³/mol. The van der Waals surface area contributed by atoms with Crippen LogP contribution in [0.1, 0.15) is 43.7 Å². The molecule has 0 saturated heterocycles. The van der Waals surface area contributed by atoms with E-state index in [4.69, 9.17) is 18.6 Å². The Kier molecular flexibility index (Phi) is 5.73. The summed E-state index contributed by atoms with van der Waals surface area (Å²) in [5, 5.41) is 3.30. The van der Waals surface area contributed by atoms with E-state index >= 15 is 0 Å². The Hall–Kier alpha value is -3.81. The monoisotopic (exact) mass is 463 g/mol. The average molecular weight is 463 g/mol. The van der Waals surface area contributed by atoms with E-state index < -0.39 is 11.0 Å². The third-order valence-corrected chi connectivity index (χ3v) is 6.45. The molecule has 176 valence electrons. The van der Waals surface area contributed by atoms with Crippen molar-refractivity contribution >= 4 is 28.5 Å². The van der Waals surface area contributed by atoms with Crippen molar-refractivity contribution in [2.75, 3.05) is 18.5 Å². The minimum absolute atomic E-state index is 0.0628. The minimum atomic E-state index is -0.760. The van der Waals surface area contributed by atoms with Crippen molar-refractivity contribution < 1.29 is 28.2 Å². The first-order valence-electron chi connectivity index (χ1n) is 11.4. The molecule has 1 aliphatic heterocycles. The molecule has 8 heteroatoms. The Morgan fingerprint density at radius 3 is 2.53 bits per heavy atom.